The first-order chi connectivity index (χ1) is 7.58. The highest BCUT2D eigenvalue weighted by atomic mass is 16.6. The number of esters is 1. The van der Waals surface area contributed by atoms with Gasteiger partial charge in [-0.15, -0.1) is 0 Å². The fourth-order valence-corrected chi connectivity index (χ4v) is 1.00. The summed E-state index contributed by atoms with van der Waals surface area (Å²) in [5, 5.41) is 8.89. The van der Waals surface area contributed by atoms with Gasteiger partial charge in [0.15, 0.2) is 6.61 Å². The Hall–Kier alpha value is -1.75. The van der Waals surface area contributed by atoms with Crippen molar-refractivity contribution in [3.05, 3.63) is 24.3 Å². The molecule has 0 spiro atoms. The number of benzene rings is 1. The lowest BCUT2D eigenvalue weighted by Gasteiger charge is -2.08. The van der Waals surface area contributed by atoms with Crippen LogP contribution in [0.15, 0.2) is 24.3 Å². The zero-order chi connectivity index (χ0) is 12.0. The summed E-state index contributed by atoms with van der Waals surface area (Å²) < 4.78 is 9.85. The summed E-state index contributed by atoms with van der Waals surface area (Å²) in [4.78, 5) is 11.1. The zero-order valence-electron chi connectivity index (χ0n) is 9.05. The third-order valence-corrected chi connectivity index (χ3v) is 1.70. The molecular formula is C11H15NO4. The lowest BCUT2D eigenvalue weighted by molar-refractivity contribution is -0.148. The van der Waals surface area contributed by atoms with E-state index in [1.54, 1.807) is 24.3 Å². The highest BCUT2D eigenvalue weighted by molar-refractivity contribution is 5.71. The van der Waals surface area contributed by atoms with Crippen LogP contribution in [0.4, 0.5) is 5.69 Å². The summed E-state index contributed by atoms with van der Waals surface area (Å²) in [6.45, 7) is 1.31. The smallest absolute Gasteiger partial charge is 0.344 e. The molecule has 0 radical (unpaired) electrons. The Bertz CT molecular complexity index is 352. The van der Waals surface area contributed by atoms with Crippen molar-refractivity contribution >= 4 is 11.7 Å². The second-order valence-electron chi connectivity index (χ2n) is 3.39. The molecule has 1 atom stereocenters. The molecule has 0 heterocycles. The molecular weight excluding hydrogens is 210 g/mol. The van der Waals surface area contributed by atoms with Crippen LogP contribution in [0.5, 0.6) is 5.75 Å². The monoisotopic (exact) mass is 225 g/mol. The van der Waals surface area contributed by atoms with Crippen LogP contribution in [0, 0.1) is 0 Å². The van der Waals surface area contributed by atoms with Crippen molar-refractivity contribution in [3.8, 4) is 5.75 Å². The van der Waals surface area contributed by atoms with Crippen LogP contribution in [0.2, 0.25) is 0 Å². The lowest BCUT2D eigenvalue weighted by atomic mass is 10.3. The lowest BCUT2D eigenvalue weighted by Crippen LogP contribution is -2.20. The van der Waals surface area contributed by atoms with Gasteiger partial charge in [-0.25, -0.2) is 4.79 Å². The number of nitrogens with two attached hydrogens (primary N) is 1. The van der Waals surface area contributed by atoms with Gasteiger partial charge < -0.3 is 20.3 Å². The van der Waals surface area contributed by atoms with Crippen molar-refractivity contribution in [2.45, 2.75) is 13.0 Å². The van der Waals surface area contributed by atoms with Crippen molar-refractivity contribution in [2.24, 2.45) is 0 Å². The van der Waals surface area contributed by atoms with Gasteiger partial charge in [-0.3, -0.25) is 0 Å². The van der Waals surface area contributed by atoms with E-state index < -0.39 is 12.1 Å². The largest absolute Gasteiger partial charge is 0.482 e. The molecule has 0 amide bonds. The number of aliphatic hydroxyl groups is 1. The van der Waals surface area contributed by atoms with Gasteiger partial charge in [-0.2, -0.15) is 0 Å². The van der Waals surface area contributed by atoms with Crippen LogP contribution in [-0.4, -0.2) is 30.4 Å². The van der Waals surface area contributed by atoms with E-state index in [2.05, 4.69) is 0 Å². The summed E-state index contributed by atoms with van der Waals surface area (Å²) >= 11 is 0. The van der Waals surface area contributed by atoms with Crippen molar-refractivity contribution in [3.63, 3.8) is 0 Å². The Balaban J connectivity index is 2.31. The summed E-state index contributed by atoms with van der Waals surface area (Å²) in [7, 11) is 0. The molecule has 0 saturated heterocycles. The molecule has 0 saturated carbocycles. The quantitative estimate of drug-likeness (QED) is 0.565. The number of rotatable bonds is 5. The maximum Gasteiger partial charge on any atom is 0.344 e. The standard InChI is InChI=1S/C11H15NO4/c1-8(13)6-16-11(14)7-15-10-4-2-3-9(12)5-10/h2-5,8,13H,6-7,12H2,1H3. The van der Waals surface area contributed by atoms with Gasteiger partial charge in [0.05, 0.1) is 6.10 Å². The van der Waals surface area contributed by atoms with Gasteiger partial charge in [0.25, 0.3) is 0 Å². The second-order valence-corrected chi connectivity index (χ2v) is 3.39. The zero-order valence-corrected chi connectivity index (χ0v) is 9.05. The van der Waals surface area contributed by atoms with Crippen LogP contribution in [-0.2, 0) is 9.53 Å². The summed E-state index contributed by atoms with van der Waals surface area (Å²) in [5.74, 6) is -0.0164. The van der Waals surface area contributed by atoms with E-state index in [9.17, 15) is 4.79 Å². The molecule has 88 valence electrons. The number of anilines is 1. The summed E-state index contributed by atoms with van der Waals surface area (Å²) in [6, 6.07) is 6.75. The highest BCUT2D eigenvalue weighted by Gasteiger charge is 2.06. The molecule has 5 nitrogen and oxygen atoms in total. The third kappa shape index (κ3) is 4.65. The minimum atomic E-state index is -0.670. The Morgan fingerprint density at radius 1 is 1.56 bits per heavy atom. The molecule has 1 rings (SSSR count). The molecule has 5 heteroatoms. The van der Waals surface area contributed by atoms with E-state index in [0.717, 1.165) is 0 Å². The molecule has 1 aromatic rings. The first kappa shape index (κ1) is 12.3. The van der Waals surface area contributed by atoms with Crippen molar-refractivity contribution in [1.29, 1.82) is 0 Å². The minimum absolute atomic E-state index is 0.0286. The van der Waals surface area contributed by atoms with E-state index in [0.29, 0.717) is 11.4 Å². The number of carbonyl (C=O) groups is 1. The predicted octanol–water partition coefficient (Wildman–Crippen LogP) is 0.572. The Labute approximate surface area is 93.8 Å². The fraction of sp³-hybridized carbons (Fsp3) is 0.364. The van der Waals surface area contributed by atoms with Crippen LogP contribution in [0.1, 0.15) is 6.92 Å². The number of hydrogen-bond donors (Lipinski definition) is 2. The maximum absolute atomic E-state index is 11.1. The predicted molar refractivity (Wildman–Crippen MR) is 59.0 cm³/mol. The van der Waals surface area contributed by atoms with Gasteiger partial charge in [0, 0.05) is 11.8 Å². The number of ether oxygens (including phenoxy) is 2. The number of carbonyl (C=O) groups excluding carboxylic acids is 1. The van der Waals surface area contributed by atoms with Crippen LogP contribution < -0.4 is 10.5 Å². The van der Waals surface area contributed by atoms with Gasteiger partial charge >= 0.3 is 5.97 Å². The Morgan fingerprint density at radius 3 is 2.94 bits per heavy atom. The Morgan fingerprint density at radius 2 is 2.31 bits per heavy atom. The minimum Gasteiger partial charge on any atom is -0.482 e. The molecule has 1 unspecified atom stereocenters. The highest BCUT2D eigenvalue weighted by Crippen LogP contribution is 2.14. The molecule has 0 aliphatic heterocycles. The van der Waals surface area contributed by atoms with Crippen molar-refractivity contribution in [1.82, 2.24) is 0 Å². The molecule has 0 fully saturated rings. The van der Waals surface area contributed by atoms with E-state index in [1.165, 1.54) is 6.92 Å². The van der Waals surface area contributed by atoms with Crippen LogP contribution in [0.3, 0.4) is 0 Å². The molecule has 0 aliphatic rings. The molecule has 0 bridgehead atoms. The normalized spacial score (nSPS) is 11.9. The second kappa shape index (κ2) is 5.97. The number of hydrogen-bond acceptors (Lipinski definition) is 5. The van der Waals surface area contributed by atoms with Crippen LogP contribution in [0.25, 0.3) is 0 Å². The molecule has 0 aromatic heterocycles. The van der Waals surface area contributed by atoms with Gasteiger partial charge in [0.1, 0.15) is 12.4 Å². The fourth-order valence-electron chi connectivity index (χ4n) is 1.00. The SMILES string of the molecule is CC(O)COC(=O)COc1cccc(N)c1. The number of nitrogen functional groups attached to an aromatic ring is 1. The molecule has 1 aromatic carbocycles. The average Bonchev–Trinajstić information content (AvgIpc) is 2.23. The van der Waals surface area contributed by atoms with Crippen molar-refractivity contribution < 1.29 is 19.4 Å². The van der Waals surface area contributed by atoms with Gasteiger partial charge in [-0.1, -0.05) is 6.07 Å². The molecule has 0 aliphatic carbocycles. The van der Waals surface area contributed by atoms with Crippen LogP contribution >= 0.6 is 0 Å². The third-order valence-electron chi connectivity index (χ3n) is 1.70. The van der Waals surface area contributed by atoms with Crippen molar-refractivity contribution in [2.75, 3.05) is 18.9 Å². The number of aliphatic hydroxyl groups excluding tert-OH is 1. The van der Waals surface area contributed by atoms with Gasteiger partial charge in [-0.05, 0) is 19.1 Å². The van der Waals surface area contributed by atoms with E-state index in [4.69, 9.17) is 20.3 Å². The summed E-state index contributed by atoms with van der Waals surface area (Å²) in [5.41, 5.74) is 6.10. The average molecular weight is 225 g/mol. The summed E-state index contributed by atoms with van der Waals surface area (Å²) in [6.07, 6.45) is -0.670. The van der Waals surface area contributed by atoms with E-state index in [1.807, 2.05) is 0 Å². The van der Waals surface area contributed by atoms with E-state index in [-0.39, 0.29) is 13.2 Å². The molecule has 3 N–H and O–H groups in total. The maximum atomic E-state index is 11.1. The topological polar surface area (TPSA) is 81.8 Å². The first-order valence-electron chi connectivity index (χ1n) is 4.90. The van der Waals surface area contributed by atoms with E-state index >= 15 is 0 Å². The first-order valence-corrected chi connectivity index (χ1v) is 4.90. The van der Waals surface area contributed by atoms with Gasteiger partial charge in [0.2, 0.25) is 0 Å². The molecule has 16 heavy (non-hydrogen) atoms. The Kier molecular flexibility index (Phi) is 4.60.